The summed E-state index contributed by atoms with van der Waals surface area (Å²) >= 11 is 0. The number of aliphatic hydroxyl groups excluding tert-OH is 1. The van der Waals surface area contributed by atoms with Gasteiger partial charge in [-0.1, -0.05) is 18.2 Å². The number of para-hydroxylation sites is 1. The molecule has 100 valence electrons. The van der Waals surface area contributed by atoms with Gasteiger partial charge in [-0.15, -0.1) is 0 Å². The minimum atomic E-state index is -0.395. The van der Waals surface area contributed by atoms with Gasteiger partial charge in [0.15, 0.2) is 0 Å². The summed E-state index contributed by atoms with van der Waals surface area (Å²) in [4.78, 5) is 0. The largest absolute Gasteiger partial charge is 0.496 e. The molecule has 0 bridgehead atoms. The number of hydrogen-bond acceptors (Lipinski definition) is 3. The standard InChI is InChI=1S/C15H15FO3/c1-18-14-5-3-2-4-11(14)10-19-15-7-6-13(16)8-12(15)9-17/h2-8,17H,9-10H2,1H3. The van der Waals surface area contributed by atoms with Gasteiger partial charge in [0, 0.05) is 11.1 Å². The number of aliphatic hydroxyl groups is 1. The van der Waals surface area contributed by atoms with Crippen molar-refractivity contribution in [1.82, 2.24) is 0 Å². The third-order valence-corrected chi connectivity index (χ3v) is 2.77. The van der Waals surface area contributed by atoms with E-state index in [0.29, 0.717) is 17.9 Å². The van der Waals surface area contributed by atoms with E-state index in [-0.39, 0.29) is 6.61 Å². The summed E-state index contributed by atoms with van der Waals surface area (Å²) in [5, 5.41) is 9.17. The van der Waals surface area contributed by atoms with Crippen LogP contribution in [-0.2, 0) is 13.2 Å². The van der Waals surface area contributed by atoms with Crippen LogP contribution >= 0.6 is 0 Å². The minimum absolute atomic E-state index is 0.265. The Balaban J connectivity index is 2.14. The quantitative estimate of drug-likeness (QED) is 0.900. The van der Waals surface area contributed by atoms with Crippen LogP contribution in [0.2, 0.25) is 0 Å². The summed E-state index contributed by atoms with van der Waals surface area (Å²) in [6, 6.07) is 11.6. The lowest BCUT2D eigenvalue weighted by atomic mass is 10.2. The minimum Gasteiger partial charge on any atom is -0.496 e. The molecule has 0 aliphatic carbocycles. The number of rotatable bonds is 5. The monoisotopic (exact) mass is 262 g/mol. The van der Waals surface area contributed by atoms with Gasteiger partial charge >= 0.3 is 0 Å². The molecular weight excluding hydrogens is 247 g/mol. The van der Waals surface area contributed by atoms with Crippen molar-refractivity contribution < 1.29 is 19.0 Å². The lowest BCUT2D eigenvalue weighted by Crippen LogP contribution is -2.01. The summed E-state index contributed by atoms with van der Waals surface area (Å²) in [5.41, 5.74) is 1.31. The molecule has 0 aliphatic heterocycles. The summed E-state index contributed by atoms with van der Waals surface area (Å²) in [5.74, 6) is 0.804. The van der Waals surface area contributed by atoms with E-state index >= 15 is 0 Å². The molecule has 0 fully saturated rings. The molecule has 2 aromatic rings. The van der Waals surface area contributed by atoms with E-state index in [4.69, 9.17) is 14.6 Å². The predicted octanol–water partition coefficient (Wildman–Crippen LogP) is 2.91. The molecule has 1 N–H and O–H groups in total. The van der Waals surface area contributed by atoms with Gasteiger partial charge in [-0.3, -0.25) is 0 Å². The number of hydrogen-bond donors (Lipinski definition) is 1. The van der Waals surface area contributed by atoms with Crippen molar-refractivity contribution in [1.29, 1.82) is 0 Å². The molecule has 19 heavy (non-hydrogen) atoms. The molecule has 0 aliphatic rings. The Morgan fingerprint density at radius 3 is 2.58 bits per heavy atom. The zero-order chi connectivity index (χ0) is 13.7. The molecular formula is C15H15FO3. The molecule has 0 saturated heterocycles. The third kappa shape index (κ3) is 3.23. The van der Waals surface area contributed by atoms with E-state index in [2.05, 4.69) is 0 Å². The van der Waals surface area contributed by atoms with E-state index in [9.17, 15) is 4.39 Å². The number of methoxy groups -OCH3 is 1. The summed E-state index contributed by atoms with van der Waals surface area (Å²) in [6.45, 7) is 0.0294. The van der Waals surface area contributed by atoms with Crippen molar-refractivity contribution in [2.24, 2.45) is 0 Å². The molecule has 0 spiro atoms. The molecule has 0 saturated carbocycles. The van der Waals surface area contributed by atoms with Crippen LogP contribution in [0.5, 0.6) is 11.5 Å². The van der Waals surface area contributed by atoms with Gasteiger partial charge in [-0.25, -0.2) is 4.39 Å². The van der Waals surface area contributed by atoms with Gasteiger partial charge in [-0.2, -0.15) is 0 Å². The molecule has 3 nitrogen and oxygen atoms in total. The van der Waals surface area contributed by atoms with E-state index in [0.717, 1.165) is 11.3 Å². The third-order valence-electron chi connectivity index (χ3n) is 2.77. The van der Waals surface area contributed by atoms with Crippen LogP contribution in [0.4, 0.5) is 4.39 Å². The van der Waals surface area contributed by atoms with Crippen molar-refractivity contribution >= 4 is 0 Å². The zero-order valence-corrected chi connectivity index (χ0v) is 10.6. The normalized spacial score (nSPS) is 10.3. The summed E-state index contributed by atoms with van der Waals surface area (Å²) in [6.07, 6.45) is 0. The molecule has 0 aromatic heterocycles. The Bertz CT molecular complexity index is 555. The highest BCUT2D eigenvalue weighted by atomic mass is 19.1. The van der Waals surface area contributed by atoms with Gasteiger partial charge in [0.05, 0.1) is 13.7 Å². The maximum absolute atomic E-state index is 13.0. The topological polar surface area (TPSA) is 38.7 Å². The fraction of sp³-hybridized carbons (Fsp3) is 0.200. The first-order valence-electron chi connectivity index (χ1n) is 5.88. The highest BCUT2D eigenvalue weighted by Gasteiger charge is 2.07. The smallest absolute Gasteiger partial charge is 0.125 e. The van der Waals surface area contributed by atoms with Gasteiger partial charge in [-0.05, 0) is 24.3 Å². The second kappa shape index (κ2) is 6.20. The van der Waals surface area contributed by atoms with Gasteiger partial charge < -0.3 is 14.6 Å². The van der Waals surface area contributed by atoms with E-state index in [1.807, 2.05) is 24.3 Å². The average molecular weight is 262 g/mol. The van der Waals surface area contributed by atoms with Crippen LogP contribution in [0.3, 0.4) is 0 Å². The number of halogens is 1. The Labute approximate surface area is 111 Å². The van der Waals surface area contributed by atoms with Crippen molar-refractivity contribution in [2.45, 2.75) is 13.2 Å². The number of benzene rings is 2. The maximum atomic E-state index is 13.0. The summed E-state index contributed by atoms with van der Waals surface area (Å²) in [7, 11) is 1.59. The Kier molecular flexibility index (Phi) is 4.36. The second-order valence-electron chi connectivity index (χ2n) is 4.01. The first-order chi connectivity index (χ1) is 9.24. The van der Waals surface area contributed by atoms with E-state index in [1.54, 1.807) is 7.11 Å². The van der Waals surface area contributed by atoms with Crippen LogP contribution in [0.1, 0.15) is 11.1 Å². The average Bonchev–Trinajstić information content (AvgIpc) is 2.46. The lowest BCUT2D eigenvalue weighted by Gasteiger charge is -2.12. The summed E-state index contributed by atoms with van der Waals surface area (Å²) < 4.78 is 23.9. The van der Waals surface area contributed by atoms with Crippen molar-refractivity contribution in [3.63, 3.8) is 0 Å². The predicted molar refractivity (Wildman–Crippen MR) is 69.6 cm³/mol. The Morgan fingerprint density at radius 1 is 1.05 bits per heavy atom. The fourth-order valence-corrected chi connectivity index (χ4v) is 1.79. The van der Waals surface area contributed by atoms with Crippen molar-refractivity contribution in [3.8, 4) is 11.5 Å². The Hall–Kier alpha value is -2.07. The molecule has 0 heterocycles. The molecule has 0 amide bonds. The Morgan fingerprint density at radius 2 is 1.84 bits per heavy atom. The van der Waals surface area contributed by atoms with Gasteiger partial charge in [0.2, 0.25) is 0 Å². The molecule has 0 atom stereocenters. The number of ether oxygens (including phenoxy) is 2. The first kappa shape index (κ1) is 13.4. The van der Waals surface area contributed by atoms with E-state index < -0.39 is 5.82 Å². The fourth-order valence-electron chi connectivity index (χ4n) is 1.79. The van der Waals surface area contributed by atoms with E-state index in [1.165, 1.54) is 18.2 Å². The molecule has 2 rings (SSSR count). The highest BCUT2D eigenvalue weighted by Crippen LogP contribution is 2.23. The van der Waals surface area contributed by atoms with Crippen LogP contribution in [0.25, 0.3) is 0 Å². The highest BCUT2D eigenvalue weighted by molar-refractivity contribution is 5.36. The molecule has 0 radical (unpaired) electrons. The molecule has 0 unspecified atom stereocenters. The van der Waals surface area contributed by atoms with Gasteiger partial charge in [0.1, 0.15) is 23.9 Å². The zero-order valence-electron chi connectivity index (χ0n) is 10.6. The van der Waals surface area contributed by atoms with Crippen LogP contribution < -0.4 is 9.47 Å². The van der Waals surface area contributed by atoms with Crippen LogP contribution in [-0.4, -0.2) is 12.2 Å². The van der Waals surface area contributed by atoms with Crippen molar-refractivity contribution in [2.75, 3.05) is 7.11 Å². The van der Waals surface area contributed by atoms with Crippen molar-refractivity contribution in [3.05, 3.63) is 59.4 Å². The molecule has 4 heteroatoms. The van der Waals surface area contributed by atoms with Crippen LogP contribution in [0, 0.1) is 5.82 Å². The lowest BCUT2D eigenvalue weighted by molar-refractivity contribution is 0.256. The maximum Gasteiger partial charge on any atom is 0.125 e. The second-order valence-corrected chi connectivity index (χ2v) is 4.01. The van der Waals surface area contributed by atoms with Gasteiger partial charge in [0.25, 0.3) is 0 Å². The van der Waals surface area contributed by atoms with Crippen LogP contribution in [0.15, 0.2) is 42.5 Å². The molecule has 2 aromatic carbocycles. The SMILES string of the molecule is COc1ccccc1COc1ccc(F)cc1CO. The first-order valence-corrected chi connectivity index (χ1v) is 5.88.